The normalized spacial score (nSPS) is 13.2. The van der Waals surface area contributed by atoms with Crippen LogP contribution in [-0.2, 0) is 14.3 Å². The van der Waals surface area contributed by atoms with Gasteiger partial charge in [-0.05, 0) is 26.0 Å². The summed E-state index contributed by atoms with van der Waals surface area (Å²) in [5.41, 5.74) is 0.602. The predicted molar refractivity (Wildman–Crippen MR) is 92.2 cm³/mol. The highest BCUT2D eigenvalue weighted by molar-refractivity contribution is 7.96. The molecule has 0 amide bonds. The monoisotopic (exact) mass is 348 g/mol. The van der Waals surface area contributed by atoms with Crippen LogP contribution >= 0.6 is 24.0 Å². The van der Waals surface area contributed by atoms with E-state index >= 15 is 0 Å². The highest BCUT2D eigenvalue weighted by Crippen LogP contribution is 2.27. The smallest absolute Gasteiger partial charge is 0.314 e. The number of thiophene rings is 1. The predicted octanol–water partition coefficient (Wildman–Crippen LogP) is 3.47. The molecule has 0 N–H and O–H groups in total. The quantitative estimate of drug-likeness (QED) is 0.493. The third-order valence-electron chi connectivity index (χ3n) is 3.31. The molecule has 0 spiro atoms. The molecule has 2 aromatic rings. The van der Waals surface area contributed by atoms with Gasteiger partial charge in [-0.15, -0.1) is 24.0 Å². The van der Waals surface area contributed by atoms with Gasteiger partial charge in [0, 0.05) is 10.4 Å². The molecule has 0 bridgehead atoms. The van der Waals surface area contributed by atoms with E-state index in [1.807, 2.05) is 6.07 Å². The lowest BCUT2D eigenvalue weighted by atomic mass is 10.1. The molecule has 0 aliphatic carbocycles. The Balaban J connectivity index is 2.11. The lowest BCUT2D eigenvalue weighted by Gasteiger charge is -2.13. The van der Waals surface area contributed by atoms with E-state index in [2.05, 4.69) is 12.6 Å². The number of rotatable bonds is 6. The number of carbonyl (C=O) groups excluding carboxylic acids is 3. The summed E-state index contributed by atoms with van der Waals surface area (Å²) in [6, 6.07) is 12.4. The molecule has 0 fully saturated rings. The molecule has 4 nitrogen and oxygen atoms in total. The SMILES string of the molecule is C[C@@H](OC(=O)[C@H](C)c1ccc(C(=O)c2ccccc2)s1)C(=O)S. The van der Waals surface area contributed by atoms with Crippen molar-refractivity contribution in [3.63, 3.8) is 0 Å². The van der Waals surface area contributed by atoms with Crippen molar-refractivity contribution in [2.75, 3.05) is 0 Å². The Kier molecular flexibility index (Phi) is 5.74. The van der Waals surface area contributed by atoms with Crippen LogP contribution in [-0.4, -0.2) is 23.0 Å². The van der Waals surface area contributed by atoms with Crippen LogP contribution in [0.25, 0.3) is 0 Å². The summed E-state index contributed by atoms with van der Waals surface area (Å²) in [6.07, 6.45) is -0.890. The van der Waals surface area contributed by atoms with E-state index in [0.717, 1.165) is 0 Å². The molecule has 1 aromatic heterocycles. The summed E-state index contributed by atoms with van der Waals surface area (Å²) in [4.78, 5) is 36.7. The molecule has 0 saturated heterocycles. The number of ketones is 1. The van der Waals surface area contributed by atoms with Gasteiger partial charge in [0.15, 0.2) is 6.10 Å². The van der Waals surface area contributed by atoms with Crippen LogP contribution in [0.4, 0.5) is 0 Å². The molecule has 2 rings (SSSR count). The van der Waals surface area contributed by atoms with Crippen molar-refractivity contribution in [1.29, 1.82) is 0 Å². The van der Waals surface area contributed by atoms with Gasteiger partial charge < -0.3 is 4.74 Å². The number of hydrogen-bond acceptors (Lipinski definition) is 5. The second-order valence-corrected chi connectivity index (χ2v) is 6.59. The maximum absolute atomic E-state index is 12.4. The molecule has 2 atom stereocenters. The van der Waals surface area contributed by atoms with E-state index in [1.54, 1.807) is 43.3 Å². The molecule has 0 aliphatic rings. The van der Waals surface area contributed by atoms with Gasteiger partial charge in [-0.25, -0.2) is 0 Å². The highest BCUT2D eigenvalue weighted by Gasteiger charge is 2.24. The summed E-state index contributed by atoms with van der Waals surface area (Å²) < 4.78 is 5.04. The number of hydrogen-bond donors (Lipinski definition) is 1. The minimum absolute atomic E-state index is 0.0821. The van der Waals surface area contributed by atoms with Crippen LogP contribution in [0.5, 0.6) is 0 Å². The van der Waals surface area contributed by atoms with E-state index in [0.29, 0.717) is 15.3 Å². The maximum atomic E-state index is 12.4. The van der Waals surface area contributed by atoms with E-state index in [9.17, 15) is 14.4 Å². The van der Waals surface area contributed by atoms with E-state index in [-0.39, 0.29) is 5.78 Å². The molecular weight excluding hydrogens is 332 g/mol. The fourth-order valence-corrected chi connectivity index (χ4v) is 2.94. The lowest BCUT2D eigenvalue weighted by molar-refractivity contribution is -0.152. The van der Waals surface area contributed by atoms with Crippen LogP contribution in [0.3, 0.4) is 0 Å². The van der Waals surface area contributed by atoms with Gasteiger partial charge in [-0.3, -0.25) is 14.4 Å². The zero-order valence-electron chi connectivity index (χ0n) is 12.7. The lowest BCUT2D eigenvalue weighted by Crippen LogP contribution is -2.23. The number of esters is 1. The van der Waals surface area contributed by atoms with E-state index < -0.39 is 23.1 Å². The van der Waals surface area contributed by atoms with Gasteiger partial charge in [-0.1, -0.05) is 30.3 Å². The summed E-state index contributed by atoms with van der Waals surface area (Å²) in [5, 5.41) is -0.503. The Labute approximate surface area is 143 Å². The van der Waals surface area contributed by atoms with Crippen molar-refractivity contribution in [2.45, 2.75) is 25.9 Å². The van der Waals surface area contributed by atoms with Gasteiger partial charge in [0.25, 0.3) is 0 Å². The van der Waals surface area contributed by atoms with Crippen molar-refractivity contribution < 1.29 is 19.1 Å². The Morgan fingerprint density at radius 1 is 1.04 bits per heavy atom. The minimum Gasteiger partial charge on any atom is -0.453 e. The van der Waals surface area contributed by atoms with Gasteiger partial charge in [0.2, 0.25) is 10.9 Å². The highest BCUT2D eigenvalue weighted by atomic mass is 32.1. The standard InChI is InChI=1S/C17H16O4S2/c1-10(16(19)21-11(2)17(20)22)13-8-9-14(23-13)15(18)12-6-4-3-5-7-12/h3-11H,1-2H3,(H,20,22)/t10-,11-/m1/s1. The summed E-state index contributed by atoms with van der Waals surface area (Å²) in [7, 11) is 0. The third-order valence-corrected chi connectivity index (χ3v) is 4.94. The first-order valence-electron chi connectivity index (χ1n) is 7.03. The van der Waals surface area contributed by atoms with Crippen LogP contribution in [0.1, 0.15) is 39.9 Å². The van der Waals surface area contributed by atoms with Crippen molar-refractivity contribution >= 4 is 40.8 Å². The Morgan fingerprint density at radius 2 is 1.70 bits per heavy atom. The van der Waals surface area contributed by atoms with Crippen molar-refractivity contribution in [3.05, 3.63) is 57.8 Å². The average Bonchev–Trinajstić information content (AvgIpc) is 3.03. The summed E-state index contributed by atoms with van der Waals surface area (Å²) in [5.74, 6) is -1.14. The summed E-state index contributed by atoms with van der Waals surface area (Å²) in [6.45, 7) is 3.15. The molecule has 120 valence electrons. The molecule has 1 heterocycles. The van der Waals surface area contributed by atoms with Crippen LogP contribution < -0.4 is 0 Å². The molecular formula is C17H16O4S2. The second kappa shape index (κ2) is 7.57. The van der Waals surface area contributed by atoms with Gasteiger partial charge in [0.1, 0.15) is 0 Å². The topological polar surface area (TPSA) is 60.4 Å². The Bertz CT molecular complexity index is 721. The zero-order chi connectivity index (χ0) is 17.0. The number of thiol groups is 1. The minimum atomic E-state index is -0.890. The first-order valence-corrected chi connectivity index (χ1v) is 8.29. The average molecular weight is 348 g/mol. The fourth-order valence-electron chi connectivity index (χ4n) is 1.88. The number of ether oxygens (including phenoxy) is 1. The number of benzene rings is 1. The van der Waals surface area contributed by atoms with E-state index in [1.165, 1.54) is 18.3 Å². The molecule has 0 unspecified atom stereocenters. The fraction of sp³-hybridized carbons (Fsp3) is 0.235. The van der Waals surface area contributed by atoms with Gasteiger partial charge in [-0.2, -0.15) is 0 Å². The zero-order valence-corrected chi connectivity index (χ0v) is 14.4. The largest absolute Gasteiger partial charge is 0.453 e. The first-order chi connectivity index (χ1) is 10.9. The maximum Gasteiger partial charge on any atom is 0.314 e. The second-order valence-electron chi connectivity index (χ2n) is 5.04. The first kappa shape index (κ1) is 17.4. The van der Waals surface area contributed by atoms with Crippen LogP contribution in [0, 0.1) is 0 Å². The van der Waals surface area contributed by atoms with Crippen molar-refractivity contribution in [3.8, 4) is 0 Å². The Hall–Kier alpha value is -1.92. The molecule has 23 heavy (non-hydrogen) atoms. The van der Waals surface area contributed by atoms with Gasteiger partial charge >= 0.3 is 5.97 Å². The van der Waals surface area contributed by atoms with Crippen molar-refractivity contribution in [1.82, 2.24) is 0 Å². The number of carbonyl (C=O) groups is 3. The molecule has 0 radical (unpaired) electrons. The molecule has 0 aliphatic heterocycles. The van der Waals surface area contributed by atoms with E-state index in [4.69, 9.17) is 4.74 Å². The summed E-state index contributed by atoms with van der Waals surface area (Å²) >= 11 is 4.89. The van der Waals surface area contributed by atoms with Crippen LogP contribution in [0.15, 0.2) is 42.5 Å². The van der Waals surface area contributed by atoms with Gasteiger partial charge in [0.05, 0.1) is 10.8 Å². The molecule has 6 heteroatoms. The molecule has 0 saturated carbocycles. The third kappa shape index (κ3) is 4.30. The Morgan fingerprint density at radius 3 is 2.30 bits per heavy atom. The van der Waals surface area contributed by atoms with Crippen molar-refractivity contribution in [2.24, 2.45) is 0 Å². The van der Waals surface area contributed by atoms with Crippen LogP contribution in [0.2, 0.25) is 0 Å². The molecule has 1 aromatic carbocycles.